The predicted octanol–water partition coefficient (Wildman–Crippen LogP) is 4.19. The standard InChI is InChI=1S/C18H29NO3/c1-4-6-12-19(14-15(3)18(20)21)16-8-10-17(11-9-16)22-13-7-5-2/h8-11,15H,4-7,12-14H2,1-3H3,(H,20,21). The third-order valence-electron chi connectivity index (χ3n) is 3.67. The van der Waals surface area contributed by atoms with Gasteiger partial charge in [-0.25, -0.2) is 0 Å². The van der Waals surface area contributed by atoms with Crippen molar-refractivity contribution in [2.45, 2.75) is 46.5 Å². The van der Waals surface area contributed by atoms with Gasteiger partial charge in [0, 0.05) is 18.8 Å². The van der Waals surface area contributed by atoms with Crippen molar-refractivity contribution in [1.29, 1.82) is 0 Å². The van der Waals surface area contributed by atoms with Crippen molar-refractivity contribution in [3.8, 4) is 5.75 Å². The number of carboxylic acid groups (broad SMARTS) is 1. The fourth-order valence-corrected chi connectivity index (χ4v) is 2.17. The van der Waals surface area contributed by atoms with Crippen molar-refractivity contribution in [1.82, 2.24) is 0 Å². The SMILES string of the molecule is CCCCOc1ccc(N(CCCC)CC(C)C(=O)O)cc1. The van der Waals surface area contributed by atoms with Crippen LogP contribution in [0.1, 0.15) is 46.5 Å². The molecule has 0 bridgehead atoms. The molecule has 0 aliphatic rings. The Hall–Kier alpha value is -1.71. The Bertz CT molecular complexity index is 430. The van der Waals surface area contributed by atoms with Crippen molar-refractivity contribution < 1.29 is 14.6 Å². The average Bonchev–Trinajstić information content (AvgIpc) is 2.52. The first-order chi connectivity index (χ1) is 10.6. The highest BCUT2D eigenvalue weighted by Crippen LogP contribution is 2.21. The molecule has 4 nitrogen and oxygen atoms in total. The molecule has 1 N–H and O–H groups in total. The van der Waals surface area contributed by atoms with Gasteiger partial charge in [0.1, 0.15) is 5.75 Å². The molecule has 1 unspecified atom stereocenters. The van der Waals surface area contributed by atoms with Crippen LogP contribution in [0.3, 0.4) is 0 Å². The number of unbranched alkanes of at least 4 members (excludes halogenated alkanes) is 2. The van der Waals surface area contributed by atoms with E-state index in [4.69, 9.17) is 9.84 Å². The van der Waals surface area contributed by atoms with Crippen LogP contribution >= 0.6 is 0 Å². The first-order valence-electron chi connectivity index (χ1n) is 8.29. The molecular weight excluding hydrogens is 278 g/mol. The van der Waals surface area contributed by atoms with Gasteiger partial charge in [-0.05, 0) is 37.1 Å². The summed E-state index contributed by atoms with van der Waals surface area (Å²) in [6.07, 6.45) is 4.33. The van der Waals surface area contributed by atoms with Gasteiger partial charge in [0.25, 0.3) is 0 Å². The molecular formula is C18H29NO3. The van der Waals surface area contributed by atoms with E-state index >= 15 is 0 Å². The average molecular weight is 307 g/mol. The third-order valence-corrected chi connectivity index (χ3v) is 3.67. The Labute approximate surface area is 134 Å². The van der Waals surface area contributed by atoms with Gasteiger partial charge in [-0.3, -0.25) is 4.79 Å². The van der Waals surface area contributed by atoms with Gasteiger partial charge in [-0.15, -0.1) is 0 Å². The molecule has 0 aliphatic carbocycles. The molecule has 1 aromatic rings. The van der Waals surface area contributed by atoms with Gasteiger partial charge >= 0.3 is 5.97 Å². The zero-order chi connectivity index (χ0) is 16.4. The van der Waals surface area contributed by atoms with E-state index in [1.807, 2.05) is 24.3 Å². The number of ether oxygens (including phenoxy) is 1. The maximum absolute atomic E-state index is 11.1. The van der Waals surface area contributed by atoms with Crippen LogP contribution in [0.2, 0.25) is 0 Å². The van der Waals surface area contributed by atoms with Crippen LogP contribution in [-0.4, -0.2) is 30.8 Å². The molecule has 0 spiro atoms. The normalized spacial score (nSPS) is 12.0. The monoisotopic (exact) mass is 307 g/mol. The summed E-state index contributed by atoms with van der Waals surface area (Å²) in [5.74, 6) is -0.253. The highest BCUT2D eigenvalue weighted by molar-refractivity contribution is 5.70. The van der Waals surface area contributed by atoms with Crippen LogP contribution < -0.4 is 9.64 Å². The number of carboxylic acids is 1. The lowest BCUT2D eigenvalue weighted by Gasteiger charge is -2.26. The third kappa shape index (κ3) is 6.37. The molecule has 0 saturated carbocycles. The van der Waals surface area contributed by atoms with Crippen LogP contribution in [-0.2, 0) is 4.79 Å². The lowest BCUT2D eigenvalue weighted by Crippen LogP contribution is -2.32. The minimum atomic E-state index is -0.749. The minimum absolute atomic E-state index is 0.377. The summed E-state index contributed by atoms with van der Waals surface area (Å²) in [4.78, 5) is 13.2. The molecule has 1 atom stereocenters. The van der Waals surface area contributed by atoms with Crippen LogP contribution in [0.15, 0.2) is 24.3 Å². The molecule has 1 rings (SSSR count). The van der Waals surface area contributed by atoms with E-state index < -0.39 is 5.97 Å². The first kappa shape index (κ1) is 18.3. The van der Waals surface area contributed by atoms with Gasteiger partial charge in [-0.2, -0.15) is 0 Å². The zero-order valence-electron chi connectivity index (χ0n) is 14.0. The lowest BCUT2D eigenvalue weighted by molar-refractivity contribution is -0.140. The van der Waals surface area contributed by atoms with Crippen molar-refractivity contribution in [2.24, 2.45) is 5.92 Å². The summed E-state index contributed by atoms with van der Waals surface area (Å²) in [5.41, 5.74) is 1.06. The Morgan fingerprint density at radius 3 is 2.36 bits per heavy atom. The molecule has 0 radical (unpaired) electrons. The van der Waals surface area contributed by atoms with E-state index in [0.717, 1.165) is 50.3 Å². The van der Waals surface area contributed by atoms with E-state index in [9.17, 15) is 4.79 Å². The van der Waals surface area contributed by atoms with E-state index in [1.54, 1.807) is 6.92 Å². The van der Waals surface area contributed by atoms with Gasteiger partial charge in [0.15, 0.2) is 0 Å². The topological polar surface area (TPSA) is 49.8 Å². The van der Waals surface area contributed by atoms with E-state index in [0.29, 0.717) is 6.54 Å². The van der Waals surface area contributed by atoms with E-state index in [1.165, 1.54) is 0 Å². The summed E-state index contributed by atoms with van der Waals surface area (Å²) in [6, 6.07) is 7.97. The van der Waals surface area contributed by atoms with Gasteiger partial charge in [-0.1, -0.05) is 33.6 Å². The van der Waals surface area contributed by atoms with Crippen molar-refractivity contribution in [2.75, 3.05) is 24.6 Å². The largest absolute Gasteiger partial charge is 0.494 e. The molecule has 1 aromatic carbocycles. The number of aliphatic carboxylic acids is 1. The molecule has 0 amide bonds. The molecule has 124 valence electrons. The zero-order valence-corrected chi connectivity index (χ0v) is 14.0. The second-order valence-electron chi connectivity index (χ2n) is 5.73. The molecule has 0 aromatic heterocycles. The molecule has 0 aliphatic heterocycles. The van der Waals surface area contributed by atoms with Crippen molar-refractivity contribution in [3.05, 3.63) is 24.3 Å². The first-order valence-corrected chi connectivity index (χ1v) is 8.29. The fraction of sp³-hybridized carbons (Fsp3) is 0.611. The lowest BCUT2D eigenvalue weighted by atomic mass is 10.1. The smallest absolute Gasteiger partial charge is 0.308 e. The quantitative estimate of drug-likeness (QED) is 0.623. The van der Waals surface area contributed by atoms with Crippen molar-refractivity contribution in [3.63, 3.8) is 0 Å². The van der Waals surface area contributed by atoms with Crippen LogP contribution in [0, 0.1) is 5.92 Å². The number of nitrogens with zero attached hydrogens (tertiary/aromatic N) is 1. The number of benzene rings is 1. The molecule has 22 heavy (non-hydrogen) atoms. The second-order valence-corrected chi connectivity index (χ2v) is 5.73. The second kappa shape index (κ2) is 10.1. The minimum Gasteiger partial charge on any atom is -0.494 e. The number of carbonyl (C=O) groups is 1. The molecule has 0 fully saturated rings. The summed E-state index contributed by atoms with van der Waals surface area (Å²) >= 11 is 0. The molecule has 4 heteroatoms. The van der Waals surface area contributed by atoms with E-state index in [2.05, 4.69) is 18.7 Å². The summed E-state index contributed by atoms with van der Waals surface area (Å²) in [6.45, 7) is 8.19. The molecule has 0 saturated heterocycles. The number of rotatable bonds is 11. The predicted molar refractivity (Wildman–Crippen MR) is 90.8 cm³/mol. The Kier molecular flexibility index (Phi) is 8.41. The number of hydrogen-bond acceptors (Lipinski definition) is 3. The molecule has 0 heterocycles. The van der Waals surface area contributed by atoms with Crippen LogP contribution in [0.5, 0.6) is 5.75 Å². The Balaban J connectivity index is 2.69. The van der Waals surface area contributed by atoms with Gasteiger partial charge in [0.05, 0.1) is 12.5 Å². The van der Waals surface area contributed by atoms with Crippen LogP contribution in [0.4, 0.5) is 5.69 Å². The Morgan fingerprint density at radius 1 is 1.18 bits per heavy atom. The summed E-state index contributed by atoms with van der Waals surface area (Å²) in [5, 5.41) is 9.12. The summed E-state index contributed by atoms with van der Waals surface area (Å²) < 4.78 is 5.67. The maximum Gasteiger partial charge on any atom is 0.308 e. The highest BCUT2D eigenvalue weighted by Gasteiger charge is 2.16. The Morgan fingerprint density at radius 2 is 1.82 bits per heavy atom. The van der Waals surface area contributed by atoms with Crippen molar-refractivity contribution >= 4 is 11.7 Å². The highest BCUT2D eigenvalue weighted by atomic mass is 16.5. The number of hydrogen-bond donors (Lipinski definition) is 1. The maximum atomic E-state index is 11.1. The van der Waals surface area contributed by atoms with Gasteiger partial charge in [0.2, 0.25) is 0 Å². The fourth-order valence-electron chi connectivity index (χ4n) is 2.17. The van der Waals surface area contributed by atoms with Crippen LogP contribution in [0.25, 0.3) is 0 Å². The number of anilines is 1. The van der Waals surface area contributed by atoms with Gasteiger partial charge < -0.3 is 14.7 Å². The van der Waals surface area contributed by atoms with E-state index in [-0.39, 0.29) is 5.92 Å². The summed E-state index contributed by atoms with van der Waals surface area (Å²) in [7, 11) is 0.